The lowest BCUT2D eigenvalue weighted by Crippen LogP contribution is -2.52. The van der Waals surface area contributed by atoms with E-state index in [9.17, 15) is 14.4 Å². The lowest BCUT2D eigenvalue weighted by Gasteiger charge is -2.36. The molecule has 0 bridgehead atoms. The van der Waals surface area contributed by atoms with Crippen LogP contribution in [-0.2, 0) is 16.1 Å². The number of nitrogens with zero attached hydrogens (tertiary/aromatic N) is 4. The van der Waals surface area contributed by atoms with E-state index in [0.717, 1.165) is 25.7 Å². The molecule has 9 nitrogen and oxygen atoms in total. The van der Waals surface area contributed by atoms with Crippen molar-refractivity contribution in [2.45, 2.75) is 77.0 Å². The molecule has 4 atom stereocenters. The molecular weight excluding hydrogens is 408 g/mol. The lowest BCUT2D eigenvalue weighted by molar-refractivity contribution is -0.140. The van der Waals surface area contributed by atoms with Crippen LogP contribution in [0.3, 0.4) is 0 Å². The zero-order valence-electron chi connectivity index (χ0n) is 18.6. The summed E-state index contributed by atoms with van der Waals surface area (Å²) >= 11 is 0. The molecule has 2 aromatic heterocycles. The van der Waals surface area contributed by atoms with Gasteiger partial charge < -0.3 is 16.0 Å². The molecule has 2 aromatic rings. The Balaban J connectivity index is 1.33. The summed E-state index contributed by atoms with van der Waals surface area (Å²) in [7, 11) is 0. The van der Waals surface area contributed by atoms with Crippen LogP contribution >= 0.6 is 0 Å². The van der Waals surface area contributed by atoms with E-state index in [1.54, 1.807) is 23.4 Å². The van der Waals surface area contributed by atoms with Crippen molar-refractivity contribution in [3.63, 3.8) is 0 Å². The molecule has 0 aromatic carbocycles. The first-order valence-corrected chi connectivity index (χ1v) is 11.5. The summed E-state index contributed by atoms with van der Waals surface area (Å²) < 4.78 is 1.47. The third-order valence-corrected chi connectivity index (χ3v) is 7.32. The molecule has 170 valence electrons. The van der Waals surface area contributed by atoms with Crippen LogP contribution in [0.2, 0.25) is 0 Å². The van der Waals surface area contributed by atoms with E-state index >= 15 is 0 Å². The number of primary amides is 1. The van der Waals surface area contributed by atoms with Gasteiger partial charge in [-0.05, 0) is 49.5 Å². The van der Waals surface area contributed by atoms with Crippen molar-refractivity contribution >= 4 is 28.6 Å². The Labute approximate surface area is 186 Å². The highest BCUT2D eigenvalue weighted by molar-refractivity contribution is 6.04. The Kier molecular flexibility index (Phi) is 4.94. The molecule has 9 heteroatoms. The molecule has 1 saturated heterocycles. The van der Waals surface area contributed by atoms with Crippen molar-refractivity contribution < 1.29 is 14.4 Å². The van der Waals surface area contributed by atoms with Gasteiger partial charge in [0.2, 0.25) is 11.8 Å². The average molecular weight is 439 g/mol. The van der Waals surface area contributed by atoms with Crippen molar-refractivity contribution in [2.24, 2.45) is 17.1 Å². The second-order valence-electron chi connectivity index (χ2n) is 10.3. The van der Waals surface area contributed by atoms with Gasteiger partial charge in [-0.2, -0.15) is 5.10 Å². The van der Waals surface area contributed by atoms with Crippen LogP contribution in [0.4, 0.5) is 0 Å². The number of nitrogens with one attached hydrogen (secondary N) is 1. The van der Waals surface area contributed by atoms with E-state index in [0.29, 0.717) is 23.2 Å². The molecule has 0 radical (unpaired) electrons. The summed E-state index contributed by atoms with van der Waals surface area (Å²) in [5.74, 6) is -0.459. The van der Waals surface area contributed by atoms with Crippen molar-refractivity contribution in [2.75, 3.05) is 0 Å². The number of carbonyl (C=O) groups excluding carboxylic acids is 3. The summed E-state index contributed by atoms with van der Waals surface area (Å²) in [5, 5.41) is 8.07. The molecule has 1 aliphatic heterocycles. The number of hydrogen-bond acceptors (Lipinski definition) is 5. The first-order valence-electron chi connectivity index (χ1n) is 11.5. The second-order valence-corrected chi connectivity index (χ2v) is 10.3. The lowest BCUT2D eigenvalue weighted by atomic mass is 9.75. The maximum Gasteiger partial charge on any atom is 0.269 e. The monoisotopic (exact) mass is 438 g/mol. The van der Waals surface area contributed by atoms with Crippen LogP contribution in [0.25, 0.3) is 10.9 Å². The van der Waals surface area contributed by atoms with Crippen molar-refractivity contribution in [1.82, 2.24) is 25.0 Å². The highest BCUT2D eigenvalue weighted by Crippen LogP contribution is 2.48. The quantitative estimate of drug-likeness (QED) is 0.734. The SMILES string of the molecule is CC1(C)CCC[C@H](NC(=O)[C@@H]2C[C@H]3C[C@H]3N2C(=O)Cn2nc(C(N)=O)c3ccncc32)C1. The molecule has 32 heavy (non-hydrogen) atoms. The van der Waals surface area contributed by atoms with Crippen LogP contribution in [0.1, 0.15) is 62.9 Å². The van der Waals surface area contributed by atoms with Crippen LogP contribution in [0.15, 0.2) is 18.5 Å². The van der Waals surface area contributed by atoms with Gasteiger partial charge >= 0.3 is 0 Å². The number of rotatable bonds is 5. The molecule has 3 N–H and O–H groups in total. The standard InChI is InChI=1S/C23H30N6O3/c1-23(2)6-3-4-14(10-23)26-22(32)17-9-13-8-16(13)29(17)19(30)12-28-18-11-25-7-5-15(18)20(27-28)21(24)31/h5,7,11,13-14,16-17H,3-4,6,8-10,12H2,1-2H3,(H2,24,31)(H,26,32)/t13-,14+,16-,17+/m1/s1. The normalized spacial score (nSPS) is 28.4. The summed E-state index contributed by atoms with van der Waals surface area (Å²) in [6.45, 7) is 4.43. The predicted molar refractivity (Wildman–Crippen MR) is 117 cm³/mol. The fraction of sp³-hybridized carbons (Fsp3) is 0.609. The van der Waals surface area contributed by atoms with Crippen molar-refractivity contribution in [1.29, 1.82) is 0 Å². The Morgan fingerprint density at radius 2 is 2.09 bits per heavy atom. The molecule has 2 saturated carbocycles. The zero-order valence-corrected chi connectivity index (χ0v) is 18.6. The van der Waals surface area contributed by atoms with Gasteiger partial charge in [-0.1, -0.05) is 20.3 Å². The molecule has 3 fully saturated rings. The zero-order chi connectivity index (χ0) is 22.6. The maximum absolute atomic E-state index is 13.3. The van der Waals surface area contributed by atoms with Gasteiger partial charge in [0.25, 0.3) is 5.91 Å². The van der Waals surface area contributed by atoms with Crippen LogP contribution in [-0.4, -0.2) is 55.5 Å². The molecule has 2 aliphatic carbocycles. The van der Waals surface area contributed by atoms with E-state index in [1.165, 1.54) is 11.1 Å². The summed E-state index contributed by atoms with van der Waals surface area (Å²) in [5.41, 5.74) is 6.39. The molecule has 0 unspecified atom stereocenters. The van der Waals surface area contributed by atoms with Gasteiger partial charge in [-0.15, -0.1) is 0 Å². The first-order chi connectivity index (χ1) is 15.2. The van der Waals surface area contributed by atoms with E-state index in [2.05, 4.69) is 29.2 Å². The van der Waals surface area contributed by atoms with Gasteiger partial charge in [-0.3, -0.25) is 24.0 Å². The van der Waals surface area contributed by atoms with Gasteiger partial charge in [-0.25, -0.2) is 0 Å². The number of likely N-dealkylation sites (tertiary alicyclic amines) is 1. The number of amides is 3. The van der Waals surface area contributed by atoms with Gasteiger partial charge in [0, 0.05) is 23.7 Å². The van der Waals surface area contributed by atoms with E-state index < -0.39 is 11.9 Å². The van der Waals surface area contributed by atoms with Crippen LogP contribution < -0.4 is 11.1 Å². The highest BCUT2D eigenvalue weighted by atomic mass is 16.2. The number of carbonyl (C=O) groups is 3. The number of piperidine rings is 1. The minimum atomic E-state index is -0.650. The molecule has 3 heterocycles. The first kappa shape index (κ1) is 20.9. The Morgan fingerprint density at radius 1 is 1.28 bits per heavy atom. The topological polar surface area (TPSA) is 123 Å². The van der Waals surface area contributed by atoms with E-state index in [-0.39, 0.29) is 41.6 Å². The molecular formula is C23H30N6O3. The number of nitrogens with two attached hydrogens (primary N) is 1. The molecule has 3 amide bonds. The van der Waals surface area contributed by atoms with Gasteiger partial charge in [0.1, 0.15) is 12.6 Å². The number of aromatic nitrogens is 3. The van der Waals surface area contributed by atoms with Crippen molar-refractivity contribution in [3.8, 4) is 0 Å². The fourth-order valence-corrected chi connectivity index (χ4v) is 5.70. The number of hydrogen-bond donors (Lipinski definition) is 2. The summed E-state index contributed by atoms with van der Waals surface area (Å²) in [6, 6.07) is 1.51. The third-order valence-electron chi connectivity index (χ3n) is 7.32. The van der Waals surface area contributed by atoms with Gasteiger partial charge in [0.15, 0.2) is 5.69 Å². The predicted octanol–water partition coefficient (Wildman–Crippen LogP) is 1.60. The van der Waals surface area contributed by atoms with Crippen LogP contribution in [0, 0.1) is 11.3 Å². The third kappa shape index (κ3) is 3.73. The number of pyridine rings is 1. The second kappa shape index (κ2) is 7.56. The smallest absolute Gasteiger partial charge is 0.269 e. The van der Waals surface area contributed by atoms with Gasteiger partial charge in [0.05, 0.1) is 11.7 Å². The maximum atomic E-state index is 13.3. The Bertz CT molecular complexity index is 1090. The molecule has 0 spiro atoms. The van der Waals surface area contributed by atoms with E-state index in [1.807, 2.05) is 0 Å². The number of fused-ring (bicyclic) bond motifs is 2. The molecule has 3 aliphatic rings. The Morgan fingerprint density at radius 3 is 2.84 bits per heavy atom. The summed E-state index contributed by atoms with van der Waals surface area (Å²) in [6.07, 6.45) is 9.04. The highest BCUT2D eigenvalue weighted by Gasteiger charge is 2.56. The van der Waals surface area contributed by atoms with Crippen LogP contribution in [0.5, 0.6) is 0 Å². The van der Waals surface area contributed by atoms with Crippen molar-refractivity contribution in [3.05, 3.63) is 24.2 Å². The minimum absolute atomic E-state index is 0.0435. The average Bonchev–Trinajstić information content (AvgIpc) is 3.23. The fourth-order valence-electron chi connectivity index (χ4n) is 5.70. The van der Waals surface area contributed by atoms with E-state index in [4.69, 9.17) is 5.73 Å². The largest absolute Gasteiger partial charge is 0.364 e. The minimum Gasteiger partial charge on any atom is -0.364 e. The Hall–Kier alpha value is -2.97. The molecule has 5 rings (SSSR count). The summed E-state index contributed by atoms with van der Waals surface area (Å²) in [4.78, 5) is 44.1.